The summed E-state index contributed by atoms with van der Waals surface area (Å²) in [6.45, 7) is -0.00660. The summed E-state index contributed by atoms with van der Waals surface area (Å²) in [5.74, 6) is 0. The summed E-state index contributed by atoms with van der Waals surface area (Å²) in [5.41, 5.74) is 1.80. The molecule has 0 aliphatic carbocycles. The molecule has 0 bridgehead atoms. The fourth-order valence-corrected chi connectivity index (χ4v) is 1.53. The van der Waals surface area contributed by atoms with Gasteiger partial charge < -0.3 is 5.11 Å². The molecule has 1 atom stereocenters. The monoisotopic (exact) mass is 226 g/mol. The van der Waals surface area contributed by atoms with Crippen molar-refractivity contribution < 1.29 is 5.11 Å². The van der Waals surface area contributed by atoms with Crippen LogP contribution in [0.15, 0.2) is 59.7 Å². The molecule has 17 heavy (non-hydrogen) atoms. The molecule has 1 heterocycles. The number of aliphatic imine (C=N–C) groups is 1. The molecule has 0 aliphatic rings. The van der Waals surface area contributed by atoms with Crippen molar-refractivity contribution in [3.05, 3.63) is 66.0 Å². The highest BCUT2D eigenvalue weighted by Crippen LogP contribution is 2.15. The van der Waals surface area contributed by atoms with Crippen LogP contribution in [0.5, 0.6) is 0 Å². The normalized spacial score (nSPS) is 12.8. The van der Waals surface area contributed by atoms with Gasteiger partial charge in [-0.15, -0.1) is 0 Å². The third-order valence-corrected chi connectivity index (χ3v) is 2.43. The molecule has 3 nitrogen and oxygen atoms in total. The van der Waals surface area contributed by atoms with Crippen molar-refractivity contribution in [1.29, 1.82) is 0 Å². The fourth-order valence-electron chi connectivity index (χ4n) is 1.53. The molecule has 2 rings (SSSR count). The van der Waals surface area contributed by atoms with Crippen LogP contribution >= 0.6 is 0 Å². The molecule has 0 saturated carbocycles. The van der Waals surface area contributed by atoms with Crippen LogP contribution in [-0.4, -0.2) is 22.9 Å². The topological polar surface area (TPSA) is 45.5 Å². The van der Waals surface area contributed by atoms with Gasteiger partial charge in [-0.2, -0.15) is 0 Å². The van der Waals surface area contributed by atoms with E-state index < -0.39 is 0 Å². The number of aliphatic hydroxyl groups is 1. The van der Waals surface area contributed by atoms with Crippen LogP contribution in [0.1, 0.15) is 17.3 Å². The minimum absolute atomic E-state index is 0.00660. The fraction of sp³-hybridized carbons (Fsp3) is 0.143. The summed E-state index contributed by atoms with van der Waals surface area (Å²) < 4.78 is 0. The van der Waals surface area contributed by atoms with E-state index in [9.17, 15) is 5.11 Å². The highest BCUT2D eigenvalue weighted by molar-refractivity contribution is 5.76. The number of hydrogen-bond acceptors (Lipinski definition) is 3. The van der Waals surface area contributed by atoms with Crippen molar-refractivity contribution in [3.8, 4) is 0 Å². The van der Waals surface area contributed by atoms with Gasteiger partial charge in [-0.05, 0) is 17.7 Å². The Bertz CT molecular complexity index is 468. The van der Waals surface area contributed by atoms with Crippen LogP contribution < -0.4 is 0 Å². The molecule has 1 aromatic heterocycles. The molecular formula is C14H14N2O. The van der Waals surface area contributed by atoms with Gasteiger partial charge in [0.1, 0.15) is 0 Å². The maximum atomic E-state index is 9.32. The number of aliphatic hydroxyl groups excluding tert-OH is 1. The lowest BCUT2D eigenvalue weighted by Crippen LogP contribution is -2.01. The lowest BCUT2D eigenvalue weighted by Gasteiger charge is -2.08. The molecule has 0 saturated heterocycles. The van der Waals surface area contributed by atoms with Gasteiger partial charge in [-0.25, -0.2) is 0 Å². The third-order valence-electron chi connectivity index (χ3n) is 2.43. The molecule has 0 aliphatic heterocycles. The average molecular weight is 226 g/mol. The highest BCUT2D eigenvalue weighted by Gasteiger charge is 2.06. The van der Waals surface area contributed by atoms with Crippen LogP contribution in [0.25, 0.3) is 0 Å². The summed E-state index contributed by atoms with van der Waals surface area (Å²) in [7, 11) is 0. The van der Waals surface area contributed by atoms with E-state index in [2.05, 4.69) is 9.98 Å². The number of hydrogen-bond donors (Lipinski definition) is 1. The molecule has 2 aromatic rings. The first kappa shape index (κ1) is 11.5. The zero-order chi connectivity index (χ0) is 11.9. The van der Waals surface area contributed by atoms with E-state index in [4.69, 9.17) is 0 Å². The smallest absolute Gasteiger partial charge is 0.0980 e. The summed E-state index contributed by atoms with van der Waals surface area (Å²) in [4.78, 5) is 8.49. The SMILES string of the molecule is OC[C@H](N=Cc1ccccn1)c1ccccc1. The second-order valence-electron chi connectivity index (χ2n) is 3.64. The van der Waals surface area contributed by atoms with Crippen molar-refractivity contribution in [1.82, 2.24) is 4.98 Å². The van der Waals surface area contributed by atoms with Crippen LogP contribution in [0.2, 0.25) is 0 Å². The van der Waals surface area contributed by atoms with Gasteiger partial charge in [0.25, 0.3) is 0 Å². The van der Waals surface area contributed by atoms with Crippen molar-refractivity contribution in [3.63, 3.8) is 0 Å². The van der Waals surface area contributed by atoms with E-state index >= 15 is 0 Å². The first-order valence-corrected chi connectivity index (χ1v) is 5.50. The number of pyridine rings is 1. The van der Waals surface area contributed by atoms with Crippen LogP contribution in [0.3, 0.4) is 0 Å². The van der Waals surface area contributed by atoms with Crippen molar-refractivity contribution in [2.75, 3.05) is 6.61 Å². The maximum absolute atomic E-state index is 9.32. The average Bonchev–Trinajstić information content (AvgIpc) is 2.42. The Kier molecular flexibility index (Phi) is 4.00. The number of nitrogens with zero attached hydrogens (tertiary/aromatic N) is 2. The van der Waals surface area contributed by atoms with E-state index in [1.165, 1.54) is 0 Å². The maximum Gasteiger partial charge on any atom is 0.0980 e. The van der Waals surface area contributed by atoms with Gasteiger partial charge in [0.05, 0.1) is 18.3 Å². The van der Waals surface area contributed by atoms with E-state index in [1.807, 2.05) is 48.5 Å². The quantitative estimate of drug-likeness (QED) is 0.812. The molecule has 0 spiro atoms. The minimum atomic E-state index is -0.224. The summed E-state index contributed by atoms with van der Waals surface area (Å²) in [6, 6.07) is 15.2. The molecule has 0 amide bonds. The van der Waals surface area contributed by atoms with E-state index in [0.717, 1.165) is 11.3 Å². The van der Waals surface area contributed by atoms with Gasteiger partial charge in [-0.1, -0.05) is 36.4 Å². The predicted molar refractivity (Wildman–Crippen MR) is 68.1 cm³/mol. The Labute approximate surface area is 100 Å². The second kappa shape index (κ2) is 5.92. The molecular weight excluding hydrogens is 212 g/mol. The van der Waals surface area contributed by atoms with E-state index in [-0.39, 0.29) is 12.6 Å². The molecule has 0 unspecified atom stereocenters. The second-order valence-corrected chi connectivity index (χ2v) is 3.64. The van der Waals surface area contributed by atoms with Gasteiger partial charge in [0.2, 0.25) is 0 Å². The zero-order valence-electron chi connectivity index (χ0n) is 9.40. The van der Waals surface area contributed by atoms with Gasteiger partial charge in [0.15, 0.2) is 0 Å². The van der Waals surface area contributed by atoms with Crippen molar-refractivity contribution in [2.45, 2.75) is 6.04 Å². The lowest BCUT2D eigenvalue weighted by atomic mass is 10.1. The Morgan fingerprint density at radius 2 is 1.88 bits per heavy atom. The Morgan fingerprint density at radius 3 is 2.53 bits per heavy atom. The zero-order valence-corrected chi connectivity index (χ0v) is 9.40. The molecule has 86 valence electrons. The summed E-state index contributed by atoms with van der Waals surface area (Å²) in [6.07, 6.45) is 3.41. The summed E-state index contributed by atoms with van der Waals surface area (Å²) >= 11 is 0. The standard InChI is InChI=1S/C14H14N2O/c17-11-14(12-6-2-1-3-7-12)16-10-13-8-4-5-9-15-13/h1-10,14,17H,11H2/t14-/m0/s1. The largest absolute Gasteiger partial charge is 0.394 e. The van der Waals surface area contributed by atoms with Gasteiger partial charge in [0, 0.05) is 12.4 Å². The highest BCUT2D eigenvalue weighted by atomic mass is 16.3. The lowest BCUT2D eigenvalue weighted by molar-refractivity contribution is 0.269. The predicted octanol–water partition coefficient (Wildman–Crippen LogP) is 2.23. The van der Waals surface area contributed by atoms with Gasteiger partial charge in [-0.3, -0.25) is 9.98 Å². The van der Waals surface area contributed by atoms with Crippen LogP contribution in [0.4, 0.5) is 0 Å². The Balaban J connectivity index is 2.14. The van der Waals surface area contributed by atoms with Gasteiger partial charge >= 0.3 is 0 Å². The Morgan fingerprint density at radius 1 is 1.12 bits per heavy atom. The molecule has 0 radical (unpaired) electrons. The molecule has 3 heteroatoms. The van der Waals surface area contributed by atoms with Crippen molar-refractivity contribution in [2.24, 2.45) is 4.99 Å². The minimum Gasteiger partial charge on any atom is -0.394 e. The van der Waals surface area contributed by atoms with Crippen LogP contribution in [-0.2, 0) is 0 Å². The van der Waals surface area contributed by atoms with Crippen LogP contribution in [0, 0.1) is 0 Å². The van der Waals surface area contributed by atoms with Crippen molar-refractivity contribution >= 4 is 6.21 Å². The molecule has 1 aromatic carbocycles. The molecule has 0 fully saturated rings. The van der Waals surface area contributed by atoms with E-state index in [1.54, 1.807) is 12.4 Å². The first-order valence-electron chi connectivity index (χ1n) is 5.50. The molecule has 1 N–H and O–H groups in total. The Hall–Kier alpha value is -2.00. The number of benzene rings is 1. The summed E-state index contributed by atoms with van der Waals surface area (Å²) in [5, 5.41) is 9.32. The third kappa shape index (κ3) is 3.23. The number of aromatic nitrogens is 1. The number of rotatable bonds is 4. The van der Waals surface area contributed by atoms with E-state index in [0.29, 0.717) is 0 Å². The first-order chi connectivity index (χ1) is 8.40.